The Labute approximate surface area is 161 Å². The summed E-state index contributed by atoms with van der Waals surface area (Å²) in [5, 5.41) is 10.5. The van der Waals surface area contributed by atoms with Crippen LogP contribution in [0.1, 0.15) is 10.4 Å². The molecule has 2 aromatic heterocycles. The van der Waals surface area contributed by atoms with Crippen molar-refractivity contribution in [3.63, 3.8) is 0 Å². The molecule has 0 aliphatic heterocycles. The van der Waals surface area contributed by atoms with E-state index in [0.29, 0.717) is 23.0 Å². The van der Waals surface area contributed by atoms with E-state index in [9.17, 15) is 4.79 Å². The Morgan fingerprint density at radius 1 is 1.11 bits per heavy atom. The molecule has 6 heteroatoms. The summed E-state index contributed by atoms with van der Waals surface area (Å²) in [7, 11) is 0. The molecule has 0 fully saturated rings. The molecule has 27 heavy (non-hydrogen) atoms. The number of carbonyl (C=O) groups excluding carboxylic acids is 1. The van der Waals surface area contributed by atoms with Crippen LogP contribution in [0.15, 0.2) is 78.6 Å². The fourth-order valence-corrected chi connectivity index (χ4v) is 3.82. The maximum atomic E-state index is 12.4. The van der Waals surface area contributed by atoms with Crippen LogP contribution in [-0.2, 0) is 6.54 Å². The third kappa shape index (κ3) is 3.44. The fraction of sp³-hybridized carbons (Fsp3) is 0.0952. The van der Waals surface area contributed by atoms with Crippen molar-refractivity contribution in [1.82, 2.24) is 19.7 Å². The van der Waals surface area contributed by atoms with Crippen molar-refractivity contribution >= 4 is 28.4 Å². The van der Waals surface area contributed by atoms with Crippen molar-refractivity contribution in [2.75, 3.05) is 5.75 Å². The number of hydrogen-bond donors (Lipinski definition) is 1. The maximum absolute atomic E-state index is 12.4. The highest BCUT2D eigenvalue weighted by molar-refractivity contribution is 7.99. The Kier molecular flexibility index (Phi) is 4.89. The Morgan fingerprint density at radius 3 is 2.70 bits per heavy atom. The number of aromatic nitrogens is 4. The third-order valence-electron chi connectivity index (χ3n) is 4.29. The van der Waals surface area contributed by atoms with Crippen LogP contribution >= 0.6 is 11.8 Å². The summed E-state index contributed by atoms with van der Waals surface area (Å²) in [5.41, 5.74) is 2.74. The normalized spacial score (nSPS) is 11.0. The van der Waals surface area contributed by atoms with Crippen LogP contribution in [0.5, 0.6) is 0 Å². The minimum absolute atomic E-state index is 0.0717. The zero-order valence-electron chi connectivity index (χ0n) is 14.6. The number of rotatable bonds is 7. The highest BCUT2D eigenvalue weighted by Gasteiger charge is 2.17. The van der Waals surface area contributed by atoms with Gasteiger partial charge in [0.15, 0.2) is 16.8 Å². The van der Waals surface area contributed by atoms with Crippen molar-refractivity contribution in [3.8, 4) is 11.4 Å². The largest absolute Gasteiger partial charge is 0.360 e. The van der Waals surface area contributed by atoms with E-state index in [2.05, 4.69) is 27.8 Å². The number of Topliss-reactive ketones (excluding diaryl/α,β-unsaturated/α-hetero) is 1. The minimum Gasteiger partial charge on any atom is -0.360 e. The molecule has 134 valence electrons. The molecule has 4 rings (SSSR count). The van der Waals surface area contributed by atoms with Gasteiger partial charge >= 0.3 is 0 Å². The molecule has 2 aromatic carbocycles. The number of hydrogen-bond acceptors (Lipinski definition) is 4. The summed E-state index contributed by atoms with van der Waals surface area (Å²) in [5.74, 6) is 1.15. The lowest BCUT2D eigenvalue weighted by molar-refractivity contribution is 0.102. The molecule has 5 nitrogen and oxygen atoms in total. The molecular weight excluding hydrogens is 356 g/mol. The van der Waals surface area contributed by atoms with E-state index in [1.54, 1.807) is 0 Å². The topological polar surface area (TPSA) is 63.6 Å². The zero-order valence-corrected chi connectivity index (χ0v) is 15.4. The second-order valence-electron chi connectivity index (χ2n) is 6.03. The number of carbonyl (C=O) groups is 1. The molecule has 0 radical (unpaired) electrons. The lowest BCUT2D eigenvalue weighted by Gasteiger charge is -2.07. The van der Waals surface area contributed by atoms with Crippen molar-refractivity contribution in [2.24, 2.45) is 0 Å². The number of benzene rings is 2. The van der Waals surface area contributed by atoms with E-state index in [-0.39, 0.29) is 5.78 Å². The van der Waals surface area contributed by atoms with Crippen LogP contribution in [0.25, 0.3) is 22.3 Å². The molecule has 0 saturated carbocycles. The first-order chi connectivity index (χ1) is 13.3. The Hall–Kier alpha value is -3.12. The molecular formula is C21H18N4OS. The SMILES string of the molecule is C=CCn1c(SCC(=O)c2ccccc2)nnc1-c1c[nH]c2ccccc12. The van der Waals surface area contributed by atoms with Gasteiger partial charge in [-0.15, -0.1) is 16.8 Å². The van der Waals surface area contributed by atoms with E-state index in [1.165, 1.54) is 11.8 Å². The van der Waals surface area contributed by atoms with Crippen molar-refractivity contribution in [2.45, 2.75) is 11.7 Å². The van der Waals surface area contributed by atoms with E-state index in [4.69, 9.17) is 0 Å². The average Bonchev–Trinajstić information content (AvgIpc) is 3.31. The molecule has 0 amide bonds. The number of para-hydroxylation sites is 1. The molecule has 0 bridgehead atoms. The van der Waals surface area contributed by atoms with Crippen molar-refractivity contribution in [1.29, 1.82) is 0 Å². The number of aromatic amines is 1. The first-order valence-electron chi connectivity index (χ1n) is 8.59. The number of ketones is 1. The number of nitrogens with zero attached hydrogens (tertiary/aromatic N) is 3. The number of nitrogens with one attached hydrogen (secondary N) is 1. The van der Waals surface area contributed by atoms with Gasteiger partial charge in [0.2, 0.25) is 0 Å². The summed E-state index contributed by atoms with van der Waals surface area (Å²) < 4.78 is 1.99. The lowest BCUT2D eigenvalue weighted by Crippen LogP contribution is -2.05. The average molecular weight is 374 g/mol. The Morgan fingerprint density at radius 2 is 1.89 bits per heavy atom. The number of allylic oxidation sites excluding steroid dienone is 1. The van der Waals surface area contributed by atoms with Gasteiger partial charge in [-0.1, -0.05) is 66.4 Å². The second kappa shape index (κ2) is 7.63. The van der Waals surface area contributed by atoms with E-state index in [1.807, 2.05) is 65.4 Å². The van der Waals surface area contributed by atoms with Crippen LogP contribution in [0.2, 0.25) is 0 Å². The number of H-pyrrole nitrogens is 1. The molecule has 0 spiro atoms. The monoisotopic (exact) mass is 374 g/mol. The summed E-state index contributed by atoms with van der Waals surface area (Å²) in [6.07, 6.45) is 3.75. The quantitative estimate of drug-likeness (QED) is 0.292. The number of fused-ring (bicyclic) bond motifs is 1. The number of thioether (sulfide) groups is 1. The Bertz CT molecular complexity index is 1100. The zero-order chi connectivity index (χ0) is 18.6. The van der Waals surface area contributed by atoms with Gasteiger partial charge in [0.1, 0.15) is 0 Å². The fourth-order valence-electron chi connectivity index (χ4n) is 2.98. The molecule has 0 saturated heterocycles. The van der Waals surface area contributed by atoms with Gasteiger partial charge in [0, 0.05) is 34.8 Å². The Balaban J connectivity index is 1.63. The van der Waals surface area contributed by atoms with Crippen LogP contribution in [0, 0.1) is 0 Å². The van der Waals surface area contributed by atoms with Crippen molar-refractivity contribution in [3.05, 3.63) is 79.0 Å². The van der Waals surface area contributed by atoms with E-state index >= 15 is 0 Å². The molecule has 0 atom stereocenters. The van der Waals surface area contributed by atoms with Crippen LogP contribution < -0.4 is 0 Å². The standard InChI is InChI=1S/C21H18N4OS/c1-2-12-25-20(17-13-22-18-11-7-6-10-16(17)18)23-24-21(25)27-14-19(26)15-8-4-3-5-9-15/h2-11,13,22H,1,12,14H2. The molecule has 0 aliphatic rings. The summed E-state index contributed by atoms with van der Waals surface area (Å²) >= 11 is 1.40. The van der Waals surface area contributed by atoms with Gasteiger partial charge in [-0.25, -0.2) is 0 Å². The van der Waals surface area contributed by atoms with Gasteiger partial charge in [0.05, 0.1) is 5.75 Å². The predicted octanol–water partition coefficient (Wildman–Crippen LogP) is 4.59. The predicted molar refractivity (Wildman–Crippen MR) is 109 cm³/mol. The smallest absolute Gasteiger partial charge is 0.192 e. The first-order valence-corrected chi connectivity index (χ1v) is 9.58. The van der Waals surface area contributed by atoms with E-state index in [0.717, 1.165) is 22.3 Å². The molecule has 2 heterocycles. The molecule has 4 aromatic rings. The van der Waals surface area contributed by atoms with Gasteiger partial charge in [-0.3, -0.25) is 9.36 Å². The van der Waals surface area contributed by atoms with Gasteiger partial charge < -0.3 is 4.98 Å². The summed E-state index contributed by atoms with van der Waals surface area (Å²) in [6, 6.07) is 17.4. The van der Waals surface area contributed by atoms with Gasteiger partial charge in [0.25, 0.3) is 0 Å². The highest BCUT2D eigenvalue weighted by atomic mass is 32.2. The van der Waals surface area contributed by atoms with Gasteiger partial charge in [-0.05, 0) is 6.07 Å². The maximum Gasteiger partial charge on any atom is 0.192 e. The second-order valence-corrected chi connectivity index (χ2v) is 6.97. The molecule has 1 N–H and O–H groups in total. The molecule has 0 unspecified atom stereocenters. The molecule has 0 aliphatic carbocycles. The van der Waals surface area contributed by atoms with E-state index < -0.39 is 0 Å². The first kappa shape index (κ1) is 17.3. The van der Waals surface area contributed by atoms with Crippen LogP contribution in [0.4, 0.5) is 0 Å². The summed E-state index contributed by atoms with van der Waals surface area (Å²) in [4.78, 5) is 15.7. The third-order valence-corrected chi connectivity index (χ3v) is 5.25. The van der Waals surface area contributed by atoms with Crippen LogP contribution in [0.3, 0.4) is 0 Å². The van der Waals surface area contributed by atoms with Gasteiger partial charge in [-0.2, -0.15) is 0 Å². The lowest BCUT2D eigenvalue weighted by atomic mass is 10.1. The van der Waals surface area contributed by atoms with Crippen LogP contribution in [-0.4, -0.2) is 31.3 Å². The highest BCUT2D eigenvalue weighted by Crippen LogP contribution is 2.30. The minimum atomic E-state index is 0.0717. The van der Waals surface area contributed by atoms with Crippen molar-refractivity contribution < 1.29 is 4.79 Å². The summed E-state index contributed by atoms with van der Waals surface area (Å²) in [6.45, 7) is 4.42.